The number of amides is 1. The molecule has 0 radical (unpaired) electrons. The lowest BCUT2D eigenvalue weighted by molar-refractivity contribution is -0.175. The summed E-state index contributed by atoms with van der Waals surface area (Å²) in [5.41, 5.74) is 0.231. The fourth-order valence-corrected chi connectivity index (χ4v) is 1.39. The number of carboxylic acid groups (broad SMARTS) is 1. The number of carbonyl (C=O) groups is 2. The Kier molecular flexibility index (Phi) is 3.63. The number of hydrogen-bond acceptors (Lipinski definition) is 3. The largest absolute Gasteiger partial charge is 0.479 e. The molecule has 0 saturated carbocycles. The zero-order valence-electron chi connectivity index (χ0n) is 9.45. The number of aromatic nitrogens is 2. The molecule has 0 bridgehead atoms. The first-order valence-corrected chi connectivity index (χ1v) is 4.73. The van der Waals surface area contributed by atoms with Crippen molar-refractivity contribution in [3.63, 3.8) is 0 Å². The molecule has 6 nitrogen and oxygen atoms in total. The van der Waals surface area contributed by atoms with Crippen molar-refractivity contribution in [1.82, 2.24) is 15.1 Å². The van der Waals surface area contributed by atoms with Crippen molar-refractivity contribution < 1.29 is 27.9 Å². The van der Waals surface area contributed by atoms with Gasteiger partial charge in [0.15, 0.2) is 6.04 Å². The fraction of sp³-hybridized carbons (Fsp3) is 0.444. The first-order valence-electron chi connectivity index (χ1n) is 4.73. The second-order valence-corrected chi connectivity index (χ2v) is 3.59. The summed E-state index contributed by atoms with van der Waals surface area (Å²) in [4.78, 5) is 21.6. The normalized spacial score (nSPS) is 13.2. The van der Waals surface area contributed by atoms with Crippen LogP contribution in [0.4, 0.5) is 13.2 Å². The van der Waals surface area contributed by atoms with E-state index in [1.54, 1.807) is 0 Å². The van der Waals surface area contributed by atoms with Crippen LogP contribution in [0.5, 0.6) is 0 Å². The molecular weight excluding hydrogens is 255 g/mol. The number of carboxylic acids is 1. The highest BCUT2D eigenvalue weighted by Crippen LogP contribution is 2.20. The maximum absolute atomic E-state index is 12.1. The molecule has 1 aromatic heterocycles. The van der Waals surface area contributed by atoms with Gasteiger partial charge < -0.3 is 10.4 Å². The average molecular weight is 265 g/mol. The number of nitrogens with zero attached hydrogens (tertiary/aromatic N) is 2. The second kappa shape index (κ2) is 4.67. The van der Waals surface area contributed by atoms with Crippen molar-refractivity contribution in [1.29, 1.82) is 0 Å². The quantitative estimate of drug-likeness (QED) is 0.835. The topological polar surface area (TPSA) is 84.2 Å². The minimum atomic E-state index is -5.14. The van der Waals surface area contributed by atoms with Crippen molar-refractivity contribution >= 4 is 11.9 Å². The SMILES string of the molecule is Cc1nn(C)cc1C(NC(=O)C(F)(F)F)C(=O)O. The van der Waals surface area contributed by atoms with Crippen LogP contribution >= 0.6 is 0 Å². The summed E-state index contributed by atoms with van der Waals surface area (Å²) in [6, 6.07) is -1.78. The zero-order valence-corrected chi connectivity index (χ0v) is 9.45. The molecule has 1 rings (SSSR count). The molecule has 0 aliphatic carbocycles. The summed E-state index contributed by atoms with van der Waals surface area (Å²) in [5.74, 6) is -3.90. The fourth-order valence-electron chi connectivity index (χ4n) is 1.39. The van der Waals surface area contributed by atoms with Crippen LogP contribution < -0.4 is 5.32 Å². The van der Waals surface area contributed by atoms with Gasteiger partial charge in [-0.05, 0) is 6.92 Å². The number of hydrogen-bond donors (Lipinski definition) is 2. The highest BCUT2D eigenvalue weighted by atomic mass is 19.4. The van der Waals surface area contributed by atoms with Gasteiger partial charge in [-0.25, -0.2) is 4.79 Å². The Morgan fingerprint density at radius 3 is 2.39 bits per heavy atom. The summed E-state index contributed by atoms with van der Waals surface area (Å²) >= 11 is 0. The minimum Gasteiger partial charge on any atom is -0.479 e. The molecule has 0 fully saturated rings. The van der Waals surface area contributed by atoms with Crippen molar-refractivity contribution in [2.75, 3.05) is 0 Å². The first kappa shape index (κ1) is 14.0. The van der Waals surface area contributed by atoms with E-state index in [9.17, 15) is 22.8 Å². The molecule has 0 spiro atoms. The smallest absolute Gasteiger partial charge is 0.471 e. The van der Waals surface area contributed by atoms with E-state index >= 15 is 0 Å². The number of aryl methyl sites for hydroxylation is 2. The van der Waals surface area contributed by atoms with Gasteiger partial charge in [-0.1, -0.05) is 0 Å². The third kappa shape index (κ3) is 2.99. The Morgan fingerprint density at radius 1 is 1.50 bits per heavy atom. The molecule has 100 valence electrons. The van der Waals surface area contributed by atoms with Crippen molar-refractivity contribution in [2.24, 2.45) is 7.05 Å². The number of nitrogens with one attached hydrogen (secondary N) is 1. The minimum absolute atomic E-state index is 0.00241. The van der Waals surface area contributed by atoms with E-state index in [0.717, 1.165) is 0 Å². The molecule has 1 amide bonds. The Balaban J connectivity index is 3.02. The summed E-state index contributed by atoms with van der Waals surface area (Å²) in [5, 5.41) is 14.1. The maximum atomic E-state index is 12.1. The average Bonchev–Trinajstić information content (AvgIpc) is 2.51. The monoisotopic (exact) mass is 265 g/mol. The van der Waals surface area contributed by atoms with E-state index in [0.29, 0.717) is 0 Å². The molecule has 1 heterocycles. The number of alkyl halides is 3. The standard InChI is InChI=1S/C9H10F3N3O3/c1-4-5(3-15(2)14-4)6(7(16)17)13-8(18)9(10,11)12/h3,6H,1-2H3,(H,13,18)(H,16,17). The number of halogens is 3. The molecule has 1 unspecified atom stereocenters. The van der Waals surface area contributed by atoms with Gasteiger partial charge >= 0.3 is 18.1 Å². The first-order chi connectivity index (χ1) is 8.12. The highest BCUT2D eigenvalue weighted by Gasteiger charge is 2.41. The molecule has 2 N–H and O–H groups in total. The highest BCUT2D eigenvalue weighted by molar-refractivity contribution is 5.87. The van der Waals surface area contributed by atoms with Gasteiger partial charge in [0.1, 0.15) is 0 Å². The lowest BCUT2D eigenvalue weighted by atomic mass is 10.1. The van der Waals surface area contributed by atoms with E-state index in [4.69, 9.17) is 5.11 Å². The van der Waals surface area contributed by atoms with Crippen LogP contribution in [0.15, 0.2) is 6.20 Å². The zero-order chi connectivity index (χ0) is 14.1. The van der Waals surface area contributed by atoms with Crippen LogP contribution in [0.2, 0.25) is 0 Å². The Hall–Kier alpha value is -2.06. The van der Waals surface area contributed by atoms with Crippen LogP contribution in [-0.2, 0) is 16.6 Å². The Labute approximate surface area is 99.4 Å². The second-order valence-electron chi connectivity index (χ2n) is 3.59. The lowest BCUT2D eigenvalue weighted by Gasteiger charge is -2.15. The molecule has 1 aromatic rings. The summed E-state index contributed by atoms with van der Waals surface area (Å²) in [6.07, 6.45) is -3.89. The van der Waals surface area contributed by atoms with Crippen molar-refractivity contribution in [3.05, 3.63) is 17.5 Å². The van der Waals surface area contributed by atoms with Crippen LogP contribution in [-0.4, -0.2) is 32.9 Å². The summed E-state index contributed by atoms with van der Waals surface area (Å²) < 4.78 is 37.5. The van der Waals surface area contributed by atoms with Gasteiger partial charge in [-0.15, -0.1) is 0 Å². The molecular formula is C9H10F3N3O3. The molecule has 0 saturated heterocycles. The van der Waals surface area contributed by atoms with Crippen LogP contribution in [0, 0.1) is 6.92 Å². The van der Waals surface area contributed by atoms with E-state index in [2.05, 4.69) is 5.10 Å². The van der Waals surface area contributed by atoms with Crippen molar-refractivity contribution in [3.8, 4) is 0 Å². The van der Waals surface area contributed by atoms with Crippen LogP contribution in [0.1, 0.15) is 17.3 Å². The van der Waals surface area contributed by atoms with E-state index in [1.807, 2.05) is 0 Å². The Morgan fingerprint density at radius 2 is 2.06 bits per heavy atom. The third-order valence-electron chi connectivity index (χ3n) is 2.14. The predicted molar refractivity (Wildman–Crippen MR) is 52.5 cm³/mol. The van der Waals surface area contributed by atoms with Crippen molar-refractivity contribution in [2.45, 2.75) is 19.1 Å². The molecule has 0 aliphatic heterocycles. The van der Waals surface area contributed by atoms with Gasteiger partial charge in [0, 0.05) is 18.8 Å². The van der Waals surface area contributed by atoms with Gasteiger partial charge in [-0.2, -0.15) is 18.3 Å². The number of aliphatic carboxylic acids is 1. The number of rotatable bonds is 3. The molecule has 1 atom stereocenters. The predicted octanol–water partition coefficient (Wildman–Crippen LogP) is 0.533. The lowest BCUT2D eigenvalue weighted by Crippen LogP contribution is -2.42. The molecule has 0 aliphatic rings. The molecule has 9 heteroatoms. The van der Waals surface area contributed by atoms with Crippen LogP contribution in [0.25, 0.3) is 0 Å². The molecule has 0 aromatic carbocycles. The summed E-state index contributed by atoms with van der Waals surface area (Å²) in [6.45, 7) is 1.44. The Bertz CT molecular complexity index is 481. The van der Waals surface area contributed by atoms with E-state index < -0.39 is 24.1 Å². The maximum Gasteiger partial charge on any atom is 0.471 e. The van der Waals surface area contributed by atoms with E-state index in [1.165, 1.54) is 30.2 Å². The summed E-state index contributed by atoms with van der Waals surface area (Å²) in [7, 11) is 1.49. The molecule has 18 heavy (non-hydrogen) atoms. The third-order valence-corrected chi connectivity index (χ3v) is 2.14. The van der Waals surface area contributed by atoms with Gasteiger partial charge in [0.2, 0.25) is 0 Å². The van der Waals surface area contributed by atoms with Gasteiger partial charge in [-0.3, -0.25) is 9.48 Å². The van der Waals surface area contributed by atoms with Gasteiger partial charge in [0.05, 0.1) is 5.69 Å². The van der Waals surface area contributed by atoms with Crippen LogP contribution in [0.3, 0.4) is 0 Å². The van der Waals surface area contributed by atoms with E-state index in [-0.39, 0.29) is 11.3 Å². The van der Waals surface area contributed by atoms with Gasteiger partial charge in [0.25, 0.3) is 0 Å². The number of carbonyl (C=O) groups excluding carboxylic acids is 1.